The Bertz CT molecular complexity index is 779. The molecule has 0 bridgehead atoms. The van der Waals surface area contributed by atoms with E-state index in [-0.39, 0.29) is 24.1 Å². The molecule has 0 aromatic heterocycles. The number of rotatable bonds is 7. The van der Waals surface area contributed by atoms with Crippen LogP contribution < -0.4 is 10.1 Å². The molecule has 1 N–H and O–H groups in total. The zero-order valence-corrected chi connectivity index (χ0v) is 17.9. The SMILES string of the molecule is O=C(COc1ccccc1)NC1CCC(Cc2ccccc2)(N2CCCCC2)CC1. The van der Waals surface area contributed by atoms with Crippen LogP contribution in [0.2, 0.25) is 0 Å². The standard InChI is InChI=1S/C26H34N2O2/c29-25(21-30-24-12-6-2-7-13-24)27-23-14-16-26(17-15-23,28-18-8-3-9-19-28)20-22-10-4-1-5-11-22/h1-2,4-7,10-13,23H,3,8-9,14-21H2,(H,27,29). The Kier molecular flexibility index (Phi) is 7.06. The molecule has 1 saturated heterocycles. The van der Waals surface area contributed by atoms with E-state index in [1.165, 1.54) is 37.9 Å². The molecular weight excluding hydrogens is 372 g/mol. The first-order valence-electron chi connectivity index (χ1n) is 11.5. The van der Waals surface area contributed by atoms with E-state index in [0.29, 0.717) is 0 Å². The summed E-state index contributed by atoms with van der Waals surface area (Å²) >= 11 is 0. The van der Waals surface area contributed by atoms with E-state index >= 15 is 0 Å². The molecular formula is C26H34N2O2. The van der Waals surface area contributed by atoms with Gasteiger partial charge in [-0.3, -0.25) is 9.69 Å². The summed E-state index contributed by atoms with van der Waals surface area (Å²) in [6, 6.07) is 20.7. The van der Waals surface area contributed by atoms with Crippen LogP contribution in [0.4, 0.5) is 0 Å². The smallest absolute Gasteiger partial charge is 0.258 e. The number of nitrogens with zero attached hydrogens (tertiary/aromatic N) is 1. The predicted octanol–water partition coefficient (Wildman–Crippen LogP) is 4.59. The van der Waals surface area contributed by atoms with Crippen LogP contribution in [0.5, 0.6) is 5.75 Å². The third-order valence-corrected chi connectivity index (χ3v) is 6.80. The number of amides is 1. The molecule has 1 aliphatic carbocycles. The lowest BCUT2D eigenvalue weighted by molar-refractivity contribution is -0.124. The summed E-state index contributed by atoms with van der Waals surface area (Å²) in [5, 5.41) is 3.21. The van der Waals surface area contributed by atoms with E-state index < -0.39 is 0 Å². The Hall–Kier alpha value is -2.33. The molecule has 0 atom stereocenters. The van der Waals surface area contributed by atoms with Crippen molar-refractivity contribution in [1.82, 2.24) is 10.2 Å². The molecule has 160 valence electrons. The summed E-state index contributed by atoms with van der Waals surface area (Å²) in [6.45, 7) is 2.52. The molecule has 2 fully saturated rings. The van der Waals surface area contributed by atoms with Gasteiger partial charge < -0.3 is 10.1 Å². The first-order chi connectivity index (χ1) is 14.7. The normalized spacial score (nSPS) is 24.9. The number of carbonyl (C=O) groups excluding carboxylic acids is 1. The van der Waals surface area contributed by atoms with Crippen LogP contribution in [0, 0.1) is 0 Å². The number of benzene rings is 2. The van der Waals surface area contributed by atoms with Crippen LogP contribution in [0.25, 0.3) is 0 Å². The molecule has 1 saturated carbocycles. The van der Waals surface area contributed by atoms with Gasteiger partial charge in [-0.15, -0.1) is 0 Å². The van der Waals surface area contributed by atoms with Crippen molar-refractivity contribution in [1.29, 1.82) is 0 Å². The van der Waals surface area contributed by atoms with E-state index in [1.807, 2.05) is 30.3 Å². The van der Waals surface area contributed by atoms with Gasteiger partial charge in [0.1, 0.15) is 5.75 Å². The van der Waals surface area contributed by atoms with Crippen LogP contribution in [0.3, 0.4) is 0 Å². The zero-order valence-electron chi connectivity index (χ0n) is 17.9. The van der Waals surface area contributed by atoms with Gasteiger partial charge in [0.2, 0.25) is 0 Å². The maximum absolute atomic E-state index is 12.4. The van der Waals surface area contributed by atoms with E-state index in [9.17, 15) is 4.79 Å². The molecule has 1 heterocycles. The second-order valence-corrected chi connectivity index (χ2v) is 8.88. The average Bonchev–Trinajstić information content (AvgIpc) is 2.81. The van der Waals surface area contributed by atoms with Crippen LogP contribution in [0.15, 0.2) is 60.7 Å². The summed E-state index contributed by atoms with van der Waals surface area (Å²) in [7, 11) is 0. The number of hydrogen-bond donors (Lipinski definition) is 1. The molecule has 1 amide bonds. The van der Waals surface area contributed by atoms with Crippen molar-refractivity contribution in [2.45, 2.75) is 62.9 Å². The molecule has 0 spiro atoms. The van der Waals surface area contributed by atoms with E-state index in [1.54, 1.807) is 0 Å². The summed E-state index contributed by atoms with van der Waals surface area (Å²) in [6.07, 6.45) is 9.48. The van der Waals surface area contributed by atoms with Crippen LogP contribution in [-0.2, 0) is 11.2 Å². The van der Waals surface area contributed by atoms with Gasteiger partial charge in [0.25, 0.3) is 5.91 Å². The van der Waals surface area contributed by atoms with Crippen LogP contribution in [-0.4, -0.2) is 42.1 Å². The molecule has 2 aromatic carbocycles. The monoisotopic (exact) mass is 406 g/mol. The summed E-state index contributed by atoms with van der Waals surface area (Å²) in [4.78, 5) is 15.2. The highest BCUT2D eigenvalue weighted by Gasteiger charge is 2.40. The van der Waals surface area contributed by atoms with Crippen molar-refractivity contribution < 1.29 is 9.53 Å². The molecule has 0 radical (unpaired) electrons. The lowest BCUT2D eigenvalue weighted by atomic mass is 9.73. The van der Waals surface area contributed by atoms with E-state index in [4.69, 9.17) is 4.74 Å². The minimum atomic E-state index is -0.0163. The van der Waals surface area contributed by atoms with Gasteiger partial charge >= 0.3 is 0 Å². The van der Waals surface area contributed by atoms with Gasteiger partial charge in [0, 0.05) is 11.6 Å². The van der Waals surface area contributed by atoms with Crippen molar-refractivity contribution in [3.8, 4) is 5.75 Å². The average molecular weight is 407 g/mol. The number of ether oxygens (including phenoxy) is 1. The highest BCUT2D eigenvalue weighted by Crippen LogP contribution is 2.38. The van der Waals surface area contributed by atoms with Crippen LogP contribution in [0.1, 0.15) is 50.5 Å². The number of nitrogens with one attached hydrogen (secondary N) is 1. The summed E-state index contributed by atoms with van der Waals surface area (Å²) in [5.74, 6) is 0.723. The largest absolute Gasteiger partial charge is 0.484 e. The Morgan fingerprint density at radius 2 is 1.57 bits per heavy atom. The fourth-order valence-corrected chi connectivity index (χ4v) is 5.18. The maximum atomic E-state index is 12.4. The molecule has 30 heavy (non-hydrogen) atoms. The zero-order chi connectivity index (χ0) is 20.7. The third kappa shape index (κ3) is 5.42. The van der Waals surface area contributed by atoms with Gasteiger partial charge in [-0.1, -0.05) is 55.0 Å². The highest BCUT2D eigenvalue weighted by molar-refractivity contribution is 5.77. The Balaban J connectivity index is 1.33. The highest BCUT2D eigenvalue weighted by atomic mass is 16.5. The molecule has 2 aromatic rings. The molecule has 2 aliphatic rings. The van der Waals surface area contributed by atoms with Crippen molar-refractivity contribution in [3.63, 3.8) is 0 Å². The van der Waals surface area contributed by atoms with Crippen molar-refractivity contribution in [2.75, 3.05) is 19.7 Å². The first-order valence-corrected chi connectivity index (χ1v) is 11.5. The summed E-state index contributed by atoms with van der Waals surface area (Å²) in [5.41, 5.74) is 1.67. The number of carbonyl (C=O) groups is 1. The molecule has 1 aliphatic heterocycles. The van der Waals surface area contributed by atoms with Gasteiger partial charge in [-0.05, 0) is 75.7 Å². The number of likely N-dealkylation sites (tertiary alicyclic amines) is 1. The first kappa shape index (κ1) is 20.9. The second kappa shape index (κ2) is 10.1. The lowest BCUT2D eigenvalue weighted by Crippen LogP contribution is -2.56. The van der Waals surface area contributed by atoms with Gasteiger partial charge in [-0.25, -0.2) is 0 Å². The van der Waals surface area contributed by atoms with Crippen molar-refractivity contribution in [3.05, 3.63) is 66.2 Å². The topological polar surface area (TPSA) is 41.6 Å². The van der Waals surface area contributed by atoms with Gasteiger partial charge in [0.05, 0.1) is 0 Å². The van der Waals surface area contributed by atoms with E-state index in [2.05, 4.69) is 40.5 Å². The quantitative estimate of drug-likeness (QED) is 0.731. The molecule has 4 rings (SSSR count). The molecule has 4 heteroatoms. The van der Waals surface area contributed by atoms with E-state index in [0.717, 1.165) is 37.9 Å². The number of hydrogen-bond acceptors (Lipinski definition) is 3. The fourth-order valence-electron chi connectivity index (χ4n) is 5.18. The summed E-state index contributed by atoms with van der Waals surface area (Å²) < 4.78 is 5.60. The minimum absolute atomic E-state index is 0.0163. The minimum Gasteiger partial charge on any atom is -0.484 e. The second-order valence-electron chi connectivity index (χ2n) is 8.88. The van der Waals surface area contributed by atoms with Crippen LogP contribution >= 0.6 is 0 Å². The number of piperidine rings is 1. The van der Waals surface area contributed by atoms with Gasteiger partial charge in [0.15, 0.2) is 6.61 Å². The molecule has 0 unspecified atom stereocenters. The lowest BCUT2D eigenvalue weighted by Gasteiger charge is -2.50. The Labute approximate surface area is 180 Å². The van der Waals surface area contributed by atoms with Crippen molar-refractivity contribution in [2.24, 2.45) is 0 Å². The predicted molar refractivity (Wildman–Crippen MR) is 121 cm³/mol. The maximum Gasteiger partial charge on any atom is 0.258 e. The third-order valence-electron chi connectivity index (χ3n) is 6.80. The van der Waals surface area contributed by atoms with Gasteiger partial charge in [-0.2, -0.15) is 0 Å². The Morgan fingerprint density at radius 3 is 2.23 bits per heavy atom. The van der Waals surface area contributed by atoms with Crippen molar-refractivity contribution >= 4 is 5.91 Å². The molecule has 4 nitrogen and oxygen atoms in total. The fraction of sp³-hybridized carbons (Fsp3) is 0.500. The Morgan fingerprint density at radius 1 is 0.933 bits per heavy atom. The number of para-hydroxylation sites is 1.